The van der Waals surface area contributed by atoms with Gasteiger partial charge in [-0.3, -0.25) is 9.59 Å². The van der Waals surface area contributed by atoms with Crippen molar-refractivity contribution in [2.75, 3.05) is 23.9 Å². The minimum absolute atomic E-state index is 0.0411. The Kier molecular flexibility index (Phi) is 5.91. The average Bonchev–Trinajstić information content (AvgIpc) is 3.46. The number of methoxy groups -OCH3 is 1. The van der Waals surface area contributed by atoms with E-state index in [1.165, 1.54) is 0 Å². The van der Waals surface area contributed by atoms with Crippen LogP contribution in [-0.4, -0.2) is 25.5 Å². The molecule has 1 aliphatic heterocycles. The zero-order chi connectivity index (χ0) is 23.5. The number of carbonyl (C=O) groups is 2. The van der Waals surface area contributed by atoms with Crippen molar-refractivity contribution in [3.05, 3.63) is 84.1 Å². The molecule has 34 heavy (non-hydrogen) atoms. The van der Waals surface area contributed by atoms with Gasteiger partial charge in [-0.1, -0.05) is 36.4 Å². The number of hydrogen-bond acceptors (Lipinski definition) is 5. The zero-order valence-corrected chi connectivity index (χ0v) is 18.7. The Morgan fingerprint density at radius 1 is 1.06 bits per heavy atom. The SMILES string of the molecule is COc1ccc(NC(=O)c2oc3ccccc3c2COc2ccccc2)cc1N1CCCC1=O. The molecule has 1 N–H and O–H groups in total. The lowest BCUT2D eigenvalue weighted by molar-refractivity contribution is -0.117. The smallest absolute Gasteiger partial charge is 0.291 e. The van der Waals surface area contributed by atoms with E-state index in [0.717, 1.165) is 11.8 Å². The molecule has 1 aromatic heterocycles. The van der Waals surface area contributed by atoms with Gasteiger partial charge in [0.15, 0.2) is 5.76 Å². The van der Waals surface area contributed by atoms with Crippen molar-refractivity contribution in [1.29, 1.82) is 0 Å². The molecule has 4 aromatic rings. The summed E-state index contributed by atoms with van der Waals surface area (Å²) < 4.78 is 17.3. The summed E-state index contributed by atoms with van der Waals surface area (Å²) in [5, 5.41) is 3.73. The Morgan fingerprint density at radius 2 is 1.85 bits per heavy atom. The molecule has 3 aromatic carbocycles. The number of rotatable bonds is 7. The fraction of sp³-hybridized carbons (Fsp3) is 0.185. The van der Waals surface area contributed by atoms with Gasteiger partial charge in [0.05, 0.1) is 12.8 Å². The van der Waals surface area contributed by atoms with Gasteiger partial charge in [-0.05, 0) is 42.8 Å². The van der Waals surface area contributed by atoms with E-state index < -0.39 is 5.91 Å². The first kappa shape index (κ1) is 21.6. The number of anilines is 2. The summed E-state index contributed by atoms with van der Waals surface area (Å²) >= 11 is 0. The number of nitrogens with zero attached hydrogens (tertiary/aromatic N) is 1. The lowest BCUT2D eigenvalue weighted by atomic mass is 10.1. The van der Waals surface area contributed by atoms with Gasteiger partial charge in [0.25, 0.3) is 5.91 Å². The molecule has 0 unspecified atom stereocenters. The van der Waals surface area contributed by atoms with Crippen molar-refractivity contribution < 1.29 is 23.5 Å². The van der Waals surface area contributed by atoms with Crippen molar-refractivity contribution in [2.24, 2.45) is 0 Å². The van der Waals surface area contributed by atoms with Gasteiger partial charge < -0.3 is 24.1 Å². The van der Waals surface area contributed by atoms with E-state index >= 15 is 0 Å². The maximum atomic E-state index is 13.3. The van der Waals surface area contributed by atoms with Crippen LogP contribution in [0.25, 0.3) is 11.0 Å². The third-order valence-electron chi connectivity index (χ3n) is 5.83. The summed E-state index contributed by atoms with van der Waals surface area (Å²) in [6.45, 7) is 0.803. The topological polar surface area (TPSA) is 81.0 Å². The van der Waals surface area contributed by atoms with Crippen LogP contribution in [0.2, 0.25) is 0 Å². The standard InChI is InChI=1S/C27H24N2O5/c1-32-24-14-13-18(16-22(24)29-15-7-12-25(29)30)28-27(31)26-21(17-33-19-8-3-2-4-9-19)20-10-5-6-11-23(20)34-26/h2-6,8-11,13-14,16H,7,12,15,17H2,1H3,(H,28,31). The highest BCUT2D eigenvalue weighted by Gasteiger charge is 2.26. The molecule has 0 bridgehead atoms. The molecule has 0 radical (unpaired) electrons. The first-order chi connectivity index (χ1) is 16.6. The molecule has 172 valence electrons. The molecule has 1 aliphatic rings. The lowest BCUT2D eigenvalue weighted by Crippen LogP contribution is -2.24. The summed E-state index contributed by atoms with van der Waals surface area (Å²) in [7, 11) is 1.56. The van der Waals surface area contributed by atoms with Crippen LogP contribution in [-0.2, 0) is 11.4 Å². The highest BCUT2D eigenvalue weighted by molar-refractivity contribution is 6.07. The van der Waals surface area contributed by atoms with Crippen LogP contribution in [0.3, 0.4) is 0 Å². The Labute approximate surface area is 196 Å². The number of fused-ring (bicyclic) bond motifs is 1. The molecule has 1 fully saturated rings. The lowest BCUT2D eigenvalue weighted by Gasteiger charge is -2.20. The minimum Gasteiger partial charge on any atom is -0.495 e. The maximum Gasteiger partial charge on any atom is 0.291 e. The number of benzene rings is 3. The normalized spacial score (nSPS) is 13.3. The summed E-state index contributed by atoms with van der Waals surface area (Å²) in [5.74, 6) is 1.11. The van der Waals surface area contributed by atoms with E-state index in [1.807, 2.05) is 54.6 Å². The van der Waals surface area contributed by atoms with Gasteiger partial charge in [0, 0.05) is 29.6 Å². The highest BCUT2D eigenvalue weighted by atomic mass is 16.5. The molecule has 0 atom stereocenters. The molecule has 7 heteroatoms. The summed E-state index contributed by atoms with van der Waals surface area (Å²) in [4.78, 5) is 27.3. The van der Waals surface area contributed by atoms with Crippen LogP contribution >= 0.6 is 0 Å². The Morgan fingerprint density at radius 3 is 2.62 bits per heavy atom. The van der Waals surface area contributed by atoms with Crippen LogP contribution in [0.15, 0.2) is 77.2 Å². The zero-order valence-electron chi connectivity index (χ0n) is 18.7. The summed E-state index contributed by atoms with van der Waals surface area (Å²) in [6, 6.07) is 22.1. The Bertz CT molecular complexity index is 1350. The van der Waals surface area contributed by atoms with Gasteiger partial charge >= 0.3 is 0 Å². The quantitative estimate of drug-likeness (QED) is 0.403. The van der Waals surface area contributed by atoms with E-state index in [0.29, 0.717) is 47.0 Å². The van der Waals surface area contributed by atoms with E-state index in [4.69, 9.17) is 13.9 Å². The summed E-state index contributed by atoms with van der Waals surface area (Å²) in [6.07, 6.45) is 1.30. The molecule has 2 heterocycles. The fourth-order valence-electron chi connectivity index (χ4n) is 4.17. The van der Waals surface area contributed by atoms with Crippen molar-refractivity contribution >= 4 is 34.2 Å². The van der Waals surface area contributed by atoms with Gasteiger partial charge in [0.2, 0.25) is 5.91 Å². The predicted molar refractivity (Wildman–Crippen MR) is 130 cm³/mol. The Balaban J connectivity index is 1.44. The first-order valence-electron chi connectivity index (χ1n) is 11.1. The van der Waals surface area contributed by atoms with Crippen LogP contribution in [0, 0.1) is 0 Å². The van der Waals surface area contributed by atoms with Crippen molar-refractivity contribution in [1.82, 2.24) is 0 Å². The van der Waals surface area contributed by atoms with Crippen LogP contribution in [0.5, 0.6) is 11.5 Å². The molecule has 0 aliphatic carbocycles. The molecular formula is C27H24N2O5. The fourth-order valence-corrected chi connectivity index (χ4v) is 4.17. The van der Waals surface area contributed by atoms with Crippen molar-refractivity contribution in [3.8, 4) is 11.5 Å². The van der Waals surface area contributed by atoms with Gasteiger partial charge in [-0.2, -0.15) is 0 Å². The predicted octanol–water partition coefficient (Wildman–Crippen LogP) is 5.40. The second kappa shape index (κ2) is 9.31. The van der Waals surface area contributed by atoms with Gasteiger partial charge in [-0.15, -0.1) is 0 Å². The second-order valence-electron chi connectivity index (χ2n) is 8.00. The van der Waals surface area contributed by atoms with Crippen LogP contribution in [0.1, 0.15) is 29.0 Å². The van der Waals surface area contributed by atoms with E-state index in [2.05, 4.69) is 5.32 Å². The first-order valence-corrected chi connectivity index (χ1v) is 11.1. The molecule has 5 rings (SSSR count). The van der Waals surface area contributed by atoms with Crippen molar-refractivity contribution in [2.45, 2.75) is 19.4 Å². The molecule has 0 saturated carbocycles. The van der Waals surface area contributed by atoms with E-state index in [-0.39, 0.29) is 18.3 Å². The largest absolute Gasteiger partial charge is 0.495 e. The number of para-hydroxylation sites is 2. The molecular weight excluding hydrogens is 432 g/mol. The Hall–Kier alpha value is -4.26. The van der Waals surface area contributed by atoms with E-state index in [9.17, 15) is 9.59 Å². The number of furan rings is 1. The van der Waals surface area contributed by atoms with Crippen LogP contribution < -0.4 is 19.7 Å². The maximum absolute atomic E-state index is 13.3. The van der Waals surface area contributed by atoms with Crippen LogP contribution in [0.4, 0.5) is 11.4 Å². The number of ether oxygens (including phenoxy) is 2. The molecule has 0 spiro atoms. The minimum atomic E-state index is -0.397. The number of hydrogen-bond donors (Lipinski definition) is 1. The summed E-state index contributed by atoms with van der Waals surface area (Å²) in [5.41, 5.74) is 2.45. The monoisotopic (exact) mass is 456 g/mol. The second-order valence-corrected chi connectivity index (χ2v) is 8.00. The number of carbonyl (C=O) groups excluding carboxylic acids is 2. The molecule has 1 saturated heterocycles. The molecule has 2 amide bonds. The van der Waals surface area contributed by atoms with E-state index in [1.54, 1.807) is 30.2 Å². The third-order valence-corrected chi connectivity index (χ3v) is 5.83. The number of nitrogens with one attached hydrogen (secondary N) is 1. The number of amides is 2. The average molecular weight is 456 g/mol. The molecule has 7 nitrogen and oxygen atoms in total. The highest BCUT2D eigenvalue weighted by Crippen LogP contribution is 2.35. The van der Waals surface area contributed by atoms with Crippen molar-refractivity contribution in [3.63, 3.8) is 0 Å². The third kappa shape index (κ3) is 4.20. The van der Waals surface area contributed by atoms with Gasteiger partial charge in [0.1, 0.15) is 23.7 Å². The van der Waals surface area contributed by atoms with Gasteiger partial charge in [-0.25, -0.2) is 0 Å².